The van der Waals surface area contributed by atoms with Gasteiger partial charge in [0.25, 0.3) is 5.91 Å². The van der Waals surface area contributed by atoms with Crippen molar-refractivity contribution in [2.45, 2.75) is 26.3 Å². The van der Waals surface area contributed by atoms with Gasteiger partial charge in [0.1, 0.15) is 5.82 Å². The van der Waals surface area contributed by atoms with Gasteiger partial charge in [-0.25, -0.2) is 4.39 Å². The Labute approximate surface area is 111 Å². The van der Waals surface area contributed by atoms with Gasteiger partial charge >= 0.3 is 0 Å². The van der Waals surface area contributed by atoms with Crippen molar-refractivity contribution < 1.29 is 9.18 Å². The third-order valence-corrected chi connectivity index (χ3v) is 2.91. The van der Waals surface area contributed by atoms with Gasteiger partial charge in [0.2, 0.25) is 0 Å². The second-order valence-corrected chi connectivity index (χ2v) is 4.48. The van der Waals surface area contributed by atoms with Gasteiger partial charge in [-0.15, -0.1) is 0 Å². The highest BCUT2D eigenvalue weighted by molar-refractivity contribution is 6.34. The Morgan fingerprint density at radius 3 is 2.78 bits per heavy atom. The van der Waals surface area contributed by atoms with Crippen LogP contribution in [0.15, 0.2) is 18.2 Å². The number of hydrogen-bond donors (Lipinski definition) is 0. The maximum absolute atomic E-state index is 13.3. The maximum atomic E-state index is 13.3. The predicted octanol–water partition coefficient (Wildman–Crippen LogP) is 3.24. The summed E-state index contributed by atoms with van der Waals surface area (Å²) in [5, 5.41) is 8.40. The average Bonchev–Trinajstić information content (AvgIpc) is 2.32. The van der Waals surface area contributed by atoms with Crippen LogP contribution in [0.5, 0.6) is 0 Å². The molecule has 0 atom stereocenters. The van der Waals surface area contributed by atoms with Crippen molar-refractivity contribution in [2.75, 3.05) is 6.54 Å². The van der Waals surface area contributed by atoms with Crippen LogP contribution < -0.4 is 0 Å². The molecule has 0 saturated carbocycles. The zero-order valence-electron chi connectivity index (χ0n) is 10.3. The number of carbonyl (C=O) groups excluding carboxylic acids is 1. The molecular weight excluding hydrogens is 255 g/mol. The van der Waals surface area contributed by atoms with E-state index in [1.807, 2.05) is 19.9 Å². The van der Waals surface area contributed by atoms with E-state index in [0.717, 1.165) is 0 Å². The molecule has 0 N–H and O–H groups in total. The number of nitrogens with zero attached hydrogens (tertiary/aromatic N) is 2. The fourth-order valence-corrected chi connectivity index (χ4v) is 1.80. The van der Waals surface area contributed by atoms with Crippen LogP contribution in [0.3, 0.4) is 0 Å². The van der Waals surface area contributed by atoms with E-state index in [-0.39, 0.29) is 29.0 Å². The molecule has 0 unspecified atom stereocenters. The van der Waals surface area contributed by atoms with Crippen LogP contribution in [0.25, 0.3) is 0 Å². The first kappa shape index (κ1) is 14.5. The molecule has 0 fully saturated rings. The highest BCUT2D eigenvalue weighted by Crippen LogP contribution is 2.22. The number of halogens is 2. The molecule has 0 saturated heterocycles. The van der Waals surface area contributed by atoms with E-state index in [2.05, 4.69) is 0 Å². The van der Waals surface area contributed by atoms with Crippen LogP contribution >= 0.6 is 11.6 Å². The lowest BCUT2D eigenvalue weighted by Crippen LogP contribution is -2.37. The molecule has 0 aromatic heterocycles. The topological polar surface area (TPSA) is 44.1 Å². The monoisotopic (exact) mass is 268 g/mol. The molecule has 3 nitrogen and oxygen atoms in total. The highest BCUT2D eigenvalue weighted by atomic mass is 35.5. The van der Waals surface area contributed by atoms with Crippen LogP contribution in [-0.2, 0) is 0 Å². The first-order valence-corrected chi connectivity index (χ1v) is 5.98. The standard InChI is InChI=1S/C13H14ClFN2O/c1-9(2)17(8-4-7-16)13(18)10-5-3-6-11(15)12(10)14/h3,5-6,9H,4,8H2,1-2H3. The Morgan fingerprint density at radius 2 is 2.22 bits per heavy atom. The van der Waals surface area contributed by atoms with Gasteiger partial charge in [-0.3, -0.25) is 4.79 Å². The molecular formula is C13H14ClFN2O. The first-order chi connectivity index (χ1) is 8.49. The molecule has 0 heterocycles. The van der Waals surface area contributed by atoms with Crippen LogP contribution in [0, 0.1) is 17.1 Å². The minimum atomic E-state index is -0.619. The first-order valence-electron chi connectivity index (χ1n) is 5.61. The number of benzene rings is 1. The van der Waals surface area contributed by atoms with Gasteiger partial charge in [-0.05, 0) is 26.0 Å². The SMILES string of the molecule is CC(C)N(CCC#N)C(=O)c1cccc(F)c1Cl. The molecule has 0 radical (unpaired) electrons. The zero-order valence-corrected chi connectivity index (χ0v) is 11.0. The van der Waals surface area contributed by atoms with Crippen molar-refractivity contribution in [2.24, 2.45) is 0 Å². The molecule has 96 valence electrons. The molecule has 0 aliphatic carbocycles. The Hall–Kier alpha value is -1.60. The van der Waals surface area contributed by atoms with Crippen LogP contribution in [0.2, 0.25) is 5.02 Å². The van der Waals surface area contributed by atoms with E-state index in [9.17, 15) is 9.18 Å². The van der Waals surface area contributed by atoms with Crippen LogP contribution in [0.1, 0.15) is 30.6 Å². The summed E-state index contributed by atoms with van der Waals surface area (Å²) in [7, 11) is 0. The quantitative estimate of drug-likeness (QED) is 0.841. The number of nitriles is 1. The third kappa shape index (κ3) is 3.21. The second kappa shape index (κ2) is 6.36. The van der Waals surface area contributed by atoms with Crippen molar-refractivity contribution in [1.82, 2.24) is 4.90 Å². The summed E-state index contributed by atoms with van der Waals surface area (Å²) in [4.78, 5) is 13.7. The van der Waals surface area contributed by atoms with Gasteiger partial charge in [-0.2, -0.15) is 5.26 Å². The second-order valence-electron chi connectivity index (χ2n) is 4.10. The molecule has 0 spiro atoms. The molecule has 0 bridgehead atoms. The van der Waals surface area contributed by atoms with Crippen LogP contribution in [0.4, 0.5) is 4.39 Å². The van der Waals surface area contributed by atoms with Gasteiger partial charge < -0.3 is 4.90 Å². The normalized spacial score (nSPS) is 10.2. The molecule has 1 aromatic carbocycles. The molecule has 5 heteroatoms. The molecule has 1 aromatic rings. The summed E-state index contributed by atoms with van der Waals surface area (Å²) < 4.78 is 13.3. The average molecular weight is 269 g/mol. The van der Waals surface area contributed by atoms with Gasteiger partial charge in [0.15, 0.2) is 0 Å². The summed E-state index contributed by atoms with van der Waals surface area (Å²) in [6, 6.07) is 6.03. The minimum Gasteiger partial charge on any atom is -0.335 e. The number of rotatable bonds is 4. The Balaban J connectivity index is 3.03. The fourth-order valence-electron chi connectivity index (χ4n) is 1.59. The predicted molar refractivity (Wildman–Crippen MR) is 67.8 cm³/mol. The molecule has 1 amide bonds. The van der Waals surface area contributed by atoms with E-state index in [0.29, 0.717) is 6.54 Å². The lowest BCUT2D eigenvalue weighted by molar-refractivity contribution is 0.0710. The molecule has 1 rings (SSSR count). The fraction of sp³-hybridized carbons (Fsp3) is 0.385. The molecule has 0 aliphatic heterocycles. The van der Waals surface area contributed by atoms with E-state index >= 15 is 0 Å². The molecule has 18 heavy (non-hydrogen) atoms. The van der Waals surface area contributed by atoms with Crippen molar-refractivity contribution in [3.05, 3.63) is 34.6 Å². The summed E-state index contributed by atoms with van der Waals surface area (Å²) in [6.07, 6.45) is 0.233. The van der Waals surface area contributed by atoms with E-state index in [1.165, 1.54) is 23.1 Å². The van der Waals surface area contributed by atoms with Crippen LogP contribution in [-0.4, -0.2) is 23.4 Å². The van der Waals surface area contributed by atoms with E-state index < -0.39 is 5.82 Å². The van der Waals surface area contributed by atoms with Gasteiger partial charge in [0, 0.05) is 12.6 Å². The van der Waals surface area contributed by atoms with E-state index in [4.69, 9.17) is 16.9 Å². The highest BCUT2D eigenvalue weighted by Gasteiger charge is 2.21. The number of amides is 1. The maximum Gasteiger partial charge on any atom is 0.255 e. The minimum absolute atomic E-state index is 0.0785. The third-order valence-electron chi connectivity index (χ3n) is 2.53. The molecule has 0 aliphatic rings. The van der Waals surface area contributed by atoms with Crippen molar-refractivity contribution >= 4 is 17.5 Å². The Bertz CT molecular complexity index is 482. The summed E-state index contributed by atoms with van der Waals surface area (Å²) in [5.41, 5.74) is 0.128. The van der Waals surface area contributed by atoms with Crippen molar-refractivity contribution in [1.29, 1.82) is 5.26 Å². The number of hydrogen-bond acceptors (Lipinski definition) is 2. The smallest absolute Gasteiger partial charge is 0.255 e. The summed E-state index contributed by atoms with van der Waals surface area (Å²) in [5.74, 6) is -0.976. The largest absolute Gasteiger partial charge is 0.335 e. The Morgan fingerprint density at radius 1 is 1.56 bits per heavy atom. The summed E-state index contributed by atoms with van der Waals surface area (Å²) >= 11 is 5.78. The van der Waals surface area contributed by atoms with Gasteiger partial charge in [0.05, 0.1) is 23.1 Å². The van der Waals surface area contributed by atoms with Crippen molar-refractivity contribution in [3.8, 4) is 6.07 Å². The number of carbonyl (C=O) groups is 1. The summed E-state index contributed by atoms with van der Waals surface area (Å²) in [6.45, 7) is 3.98. The van der Waals surface area contributed by atoms with E-state index in [1.54, 1.807) is 0 Å². The van der Waals surface area contributed by atoms with Crippen molar-refractivity contribution in [3.63, 3.8) is 0 Å². The lowest BCUT2D eigenvalue weighted by atomic mass is 10.1. The van der Waals surface area contributed by atoms with Gasteiger partial charge in [-0.1, -0.05) is 17.7 Å². The lowest BCUT2D eigenvalue weighted by Gasteiger charge is -2.26. The zero-order chi connectivity index (χ0) is 13.7. The Kier molecular flexibility index (Phi) is 5.11.